The predicted molar refractivity (Wildman–Crippen MR) is 245 cm³/mol. The van der Waals surface area contributed by atoms with Crippen molar-refractivity contribution in [3.63, 3.8) is 0 Å². The minimum Gasteiger partial charge on any atom is -0.0616 e. The Morgan fingerprint density at radius 2 is 0.702 bits per heavy atom. The first-order valence-corrected chi connectivity index (χ1v) is 20.1. The highest BCUT2D eigenvalue weighted by atomic mass is 14.4. The van der Waals surface area contributed by atoms with E-state index in [0.29, 0.717) is 0 Å². The van der Waals surface area contributed by atoms with Crippen LogP contribution in [0.25, 0.3) is 109 Å². The molecule has 0 spiro atoms. The van der Waals surface area contributed by atoms with Gasteiger partial charge in [0.15, 0.2) is 0 Å². The molecule has 0 aromatic heterocycles. The average Bonchev–Trinajstić information content (AvgIpc) is 3.49. The van der Waals surface area contributed by atoms with Crippen molar-refractivity contribution in [1.29, 1.82) is 0 Å². The van der Waals surface area contributed by atoms with Gasteiger partial charge in [0, 0.05) is 5.41 Å². The molecule has 0 amide bonds. The maximum atomic E-state index is 2.50. The Hall–Kier alpha value is -7.02. The molecule has 266 valence electrons. The molecule has 0 heteroatoms. The van der Waals surface area contributed by atoms with Gasteiger partial charge in [-0.15, -0.1) is 0 Å². The van der Waals surface area contributed by atoms with E-state index < -0.39 is 0 Å². The Morgan fingerprint density at radius 1 is 0.263 bits per heavy atom. The van der Waals surface area contributed by atoms with Gasteiger partial charge in [-0.2, -0.15) is 0 Å². The van der Waals surface area contributed by atoms with E-state index in [1.807, 2.05) is 0 Å². The number of benzene rings is 11. The van der Waals surface area contributed by atoms with Gasteiger partial charge in [-0.3, -0.25) is 0 Å². The van der Waals surface area contributed by atoms with Crippen molar-refractivity contribution in [3.8, 4) is 44.5 Å². The van der Waals surface area contributed by atoms with E-state index >= 15 is 0 Å². The fourth-order valence-corrected chi connectivity index (χ4v) is 10.3. The van der Waals surface area contributed by atoms with Crippen LogP contribution < -0.4 is 0 Å². The Bertz CT molecular complexity index is 3430. The summed E-state index contributed by atoms with van der Waals surface area (Å²) in [6.45, 7) is 4.80. The predicted octanol–water partition coefficient (Wildman–Crippen LogP) is 15.9. The van der Waals surface area contributed by atoms with Gasteiger partial charge in [0.05, 0.1) is 0 Å². The highest BCUT2D eigenvalue weighted by Gasteiger charge is 2.36. The van der Waals surface area contributed by atoms with Crippen molar-refractivity contribution in [1.82, 2.24) is 0 Å². The van der Waals surface area contributed by atoms with Gasteiger partial charge in [0.2, 0.25) is 0 Å². The van der Waals surface area contributed by atoms with E-state index in [1.54, 1.807) is 0 Å². The Balaban J connectivity index is 1.08. The van der Waals surface area contributed by atoms with Gasteiger partial charge in [-0.1, -0.05) is 178 Å². The molecule has 11 aromatic carbocycles. The van der Waals surface area contributed by atoms with E-state index in [1.165, 1.54) is 120 Å². The van der Waals surface area contributed by atoms with Crippen molar-refractivity contribution in [2.75, 3.05) is 0 Å². The van der Waals surface area contributed by atoms with Crippen LogP contribution in [-0.4, -0.2) is 0 Å². The van der Waals surface area contributed by atoms with Crippen LogP contribution in [0.5, 0.6) is 0 Å². The highest BCUT2D eigenvalue weighted by molar-refractivity contribution is 6.26. The molecule has 57 heavy (non-hydrogen) atoms. The van der Waals surface area contributed by atoms with Crippen molar-refractivity contribution in [3.05, 3.63) is 205 Å². The first-order valence-electron chi connectivity index (χ1n) is 20.1. The monoisotopic (exact) mass is 722 g/mol. The zero-order valence-electron chi connectivity index (χ0n) is 32.0. The average molecular weight is 723 g/mol. The van der Waals surface area contributed by atoms with Crippen LogP contribution >= 0.6 is 0 Å². The minimum atomic E-state index is -0.131. The van der Waals surface area contributed by atoms with Crippen LogP contribution in [-0.2, 0) is 5.41 Å². The smallest absolute Gasteiger partial charge is 0.0159 e. The maximum absolute atomic E-state index is 2.50. The number of hydrogen-bond acceptors (Lipinski definition) is 0. The number of hydrogen-bond donors (Lipinski definition) is 0. The molecule has 0 aliphatic heterocycles. The molecule has 0 bridgehead atoms. The van der Waals surface area contributed by atoms with Gasteiger partial charge >= 0.3 is 0 Å². The molecule has 0 saturated heterocycles. The fourth-order valence-electron chi connectivity index (χ4n) is 10.3. The normalized spacial score (nSPS) is 13.2. The molecule has 1 aliphatic carbocycles. The molecule has 0 nitrogen and oxygen atoms in total. The zero-order chi connectivity index (χ0) is 37.8. The number of rotatable bonds is 3. The maximum Gasteiger partial charge on any atom is 0.0159 e. The third-order valence-corrected chi connectivity index (χ3v) is 13.0. The molecule has 0 unspecified atom stereocenters. The van der Waals surface area contributed by atoms with Crippen LogP contribution in [0, 0.1) is 0 Å². The molecule has 0 fully saturated rings. The molecule has 0 radical (unpaired) electrons. The lowest BCUT2D eigenvalue weighted by molar-refractivity contribution is 0.661. The van der Waals surface area contributed by atoms with E-state index in [0.717, 1.165) is 0 Å². The summed E-state index contributed by atoms with van der Waals surface area (Å²) in [5.74, 6) is 0. The second-order valence-electron chi connectivity index (χ2n) is 16.4. The summed E-state index contributed by atoms with van der Waals surface area (Å²) in [7, 11) is 0. The Morgan fingerprint density at radius 3 is 1.32 bits per heavy atom. The molecule has 0 atom stereocenters. The Labute approximate surface area is 332 Å². The minimum absolute atomic E-state index is 0.131. The standard InChI is InChI=1S/C57H38/c1-57(2)53-29-28-40(32-51(53)52-33-49-43-20-7-5-18-41(43)42-19-6-8-21-44(42)50(49)34-54(52)57)56-47-24-11-9-22-45(47)55(46-23-10-12-25-48(46)56)39-17-13-16-37(31-39)38-27-26-35-14-3-4-15-36(35)30-38/h3-34H,1-2H3. The lowest BCUT2D eigenvalue weighted by atomic mass is 9.80. The van der Waals surface area contributed by atoms with Gasteiger partial charge in [-0.05, 0) is 151 Å². The lowest BCUT2D eigenvalue weighted by Crippen LogP contribution is -2.14. The molecule has 1 aliphatic rings. The second-order valence-corrected chi connectivity index (χ2v) is 16.4. The summed E-state index contributed by atoms with van der Waals surface area (Å²) in [4.78, 5) is 0. The third-order valence-electron chi connectivity index (χ3n) is 13.0. The molecular formula is C57H38. The topological polar surface area (TPSA) is 0 Å². The zero-order valence-corrected chi connectivity index (χ0v) is 32.0. The number of fused-ring (bicyclic) bond motifs is 12. The van der Waals surface area contributed by atoms with Gasteiger partial charge < -0.3 is 0 Å². The molecule has 11 aromatic rings. The van der Waals surface area contributed by atoms with E-state index in [2.05, 4.69) is 208 Å². The summed E-state index contributed by atoms with van der Waals surface area (Å²) in [6, 6.07) is 72.7. The first-order chi connectivity index (χ1) is 28.0. The summed E-state index contributed by atoms with van der Waals surface area (Å²) < 4.78 is 0. The van der Waals surface area contributed by atoms with Crippen molar-refractivity contribution in [2.24, 2.45) is 0 Å². The summed E-state index contributed by atoms with van der Waals surface area (Å²) >= 11 is 0. The molecule has 0 saturated carbocycles. The van der Waals surface area contributed by atoms with Crippen LogP contribution in [0.1, 0.15) is 25.0 Å². The largest absolute Gasteiger partial charge is 0.0616 e. The van der Waals surface area contributed by atoms with E-state index in [4.69, 9.17) is 0 Å². The van der Waals surface area contributed by atoms with Crippen molar-refractivity contribution >= 4 is 64.6 Å². The lowest BCUT2D eigenvalue weighted by Gasteiger charge is -2.23. The Kier molecular flexibility index (Phi) is 6.78. The first kappa shape index (κ1) is 32.2. The van der Waals surface area contributed by atoms with Crippen LogP contribution in [0.3, 0.4) is 0 Å². The summed E-state index contributed by atoms with van der Waals surface area (Å²) in [6.07, 6.45) is 0. The molecule has 0 heterocycles. The van der Waals surface area contributed by atoms with Gasteiger partial charge in [-0.25, -0.2) is 0 Å². The van der Waals surface area contributed by atoms with Gasteiger partial charge in [0.1, 0.15) is 0 Å². The quantitative estimate of drug-likeness (QED) is 0.126. The third kappa shape index (κ3) is 4.68. The van der Waals surface area contributed by atoms with Gasteiger partial charge in [0.25, 0.3) is 0 Å². The fraction of sp³-hybridized carbons (Fsp3) is 0.0526. The van der Waals surface area contributed by atoms with Crippen LogP contribution in [0.2, 0.25) is 0 Å². The molecule has 12 rings (SSSR count). The van der Waals surface area contributed by atoms with Crippen molar-refractivity contribution in [2.45, 2.75) is 19.3 Å². The van der Waals surface area contributed by atoms with E-state index in [9.17, 15) is 0 Å². The van der Waals surface area contributed by atoms with Crippen molar-refractivity contribution < 1.29 is 0 Å². The highest BCUT2D eigenvalue weighted by Crippen LogP contribution is 2.53. The molecule has 0 N–H and O–H groups in total. The molecular weight excluding hydrogens is 685 g/mol. The summed E-state index contributed by atoms with van der Waals surface area (Å²) in [5.41, 5.74) is 12.9. The van der Waals surface area contributed by atoms with Crippen LogP contribution in [0.4, 0.5) is 0 Å². The SMILES string of the molecule is CC1(C)c2ccc(-c3c4ccccc4c(-c4cccc(-c5ccc6ccccc6c5)c4)c4ccccc34)cc2-c2cc3c4ccccc4c4ccccc4c3cc21. The summed E-state index contributed by atoms with van der Waals surface area (Å²) in [5, 5.41) is 15.5. The van der Waals surface area contributed by atoms with E-state index in [-0.39, 0.29) is 5.41 Å². The second kappa shape index (κ2) is 12.0. The van der Waals surface area contributed by atoms with Crippen LogP contribution in [0.15, 0.2) is 194 Å².